The van der Waals surface area contributed by atoms with E-state index in [4.69, 9.17) is 0 Å². The second-order valence-corrected chi connectivity index (χ2v) is 12.7. The normalized spacial score (nSPS) is 21.9. The Morgan fingerprint density at radius 2 is 1.68 bits per heavy atom. The van der Waals surface area contributed by atoms with E-state index in [2.05, 4.69) is 32.1 Å². The van der Waals surface area contributed by atoms with Crippen LogP contribution in [0.15, 0.2) is 48.7 Å². The van der Waals surface area contributed by atoms with Gasteiger partial charge in [0.1, 0.15) is 17.4 Å². The van der Waals surface area contributed by atoms with Gasteiger partial charge in [-0.1, -0.05) is 39.0 Å². The fraction of sp³-hybridized carbons (Fsp3) is 0.484. The first kappa shape index (κ1) is 27.3. The number of nitrogens with one attached hydrogen (secondary N) is 2. The van der Waals surface area contributed by atoms with E-state index in [0.717, 1.165) is 49.2 Å². The van der Waals surface area contributed by atoms with Crippen molar-refractivity contribution in [2.75, 3.05) is 51.2 Å². The number of likely N-dealkylation sites (tertiary alicyclic amines) is 2. The molecule has 3 aliphatic heterocycles. The fourth-order valence-corrected chi connectivity index (χ4v) is 6.32. The van der Waals surface area contributed by atoms with Crippen LogP contribution in [-0.4, -0.2) is 107 Å². The Bertz CT molecular complexity index is 1420. The summed E-state index contributed by atoms with van der Waals surface area (Å²) in [6.45, 7) is 10.7. The second-order valence-electron chi connectivity index (χ2n) is 12.7. The van der Waals surface area contributed by atoms with Gasteiger partial charge < -0.3 is 29.9 Å². The molecular formula is C31H39N7O3. The zero-order valence-electron chi connectivity index (χ0n) is 24.3. The molecule has 3 saturated heterocycles. The largest absolute Gasteiger partial charge is 0.368 e. The van der Waals surface area contributed by atoms with Crippen molar-refractivity contribution in [2.24, 2.45) is 5.41 Å². The Labute approximate surface area is 240 Å². The minimum Gasteiger partial charge on any atom is -0.368 e. The number of hydrogen-bond donors (Lipinski definition) is 2. The molecule has 2 bridgehead atoms. The third-order valence-electron chi connectivity index (χ3n) is 8.78. The van der Waals surface area contributed by atoms with Crippen LogP contribution in [0.5, 0.6) is 0 Å². The van der Waals surface area contributed by atoms with E-state index in [9.17, 15) is 14.4 Å². The molecule has 3 amide bonds. The van der Waals surface area contributed by atoms with Crippen LogP contribution in [0.3, 0.4) is 0 Å². The molecule has 6 rings (SSSR count). The number of pyridine rings is 1. The molecular weight excluding hydrogens is 518 g/mol. The van der Waals surface area contributed by atoms with E-state index < -0.39 is 11.5 Å². The minimum absolute atomic E-state index is 0.0550. The van der Waals surface area contributed by atoms with Gasteiger partial charge in [-0.2, -0.15) is 0 Å². The van der Waals surface area contributed by atoms with Gasteiger partial charge in [0.05, 0.1) is 24.0 Å². The quantitative estimate of drug-likeness (QED) is 0.500. The van der Waals surface area contributed by atoms with Crippen LogP contribution < -0.4 is 10.2 Å². The van der Waals surface area contributed by atoms with Crippen LogP contribution in [-0.2, 0) is 4.79 Å². The van der Waals surface area contributed by atoms with Crippen molar-refractivity contribution in [1.29, 1.82) is 0 Å². The molecule has 1 aromatic carbocycles. The van der Waals surface area contributed by atoms with E-state index in [-0.39, 0.29) is 29.8 Å². The van der Waals surface area contributed by atoms with Crippen LogP contribution in [0.4, 0.5) is 5.69 Å². The number of carbonyl (C=O) groups is 3. The summed E-state index contributed by atoms with van der Waals surface area (Å²) in [7, 11) is 2.13. The van der Waals surface area contributed by atoms with Gasteiger partial charge in [-0.25, -0.2) is 4.98 Å². The molecule has 10 heteroatoms. The van der Waals surface area contributed by atoms with Gasteiger partial charge in [-0.15, -0.1) is 0 Å². The van der Waals surface area contributed by atoms with Crippen molar-refractivity contribution >= 4 is 34.3 Å². The molecule has 3 fully saturated rings. The molecule has 10 nitrogen and oxygen atoms in total. The number of H-pyrrole nitrogens is 1. The highest BCUT2D eigenvalue weighted by Crippen LogP contribution is 2.34. The van der Waals surface area contributed by atoms with E-state index in [0.29, 0.717) is 24.5 Å². The lowest BCUT2D eigenvalue weighted by molar-refractivity contribution is -0.138. The molecule has 3 aromatic rings. The van der Waals surface area contributed by atoms with E-state index in [1.807, 2.05) is 73.0 Å². The number of para-hydroxylation sites is 1. The summed E-state index contributed by atoms with van der Waals surface area (Å²) in [6.07, 6.45) is 2.54. The third-order valence-corrected chi connectivity index (χ3v) is 8.78. The zero-order valence-corrected chi connectivity index (χ0v) is 24.3. The lowest BCUT2D eigenvalue weighted by Crippen LogP contribution is -2.59. The monoisotopic (exact) mass is 557 g/mol. The van der Waals surface area contributed by atoms with E-state index in [1.54, 1.807) is 6.20 Å². The number of aromatic amines is 1. The molecule has 216 valence electrons. The Kier molecular flexibility index (Phi) is 6.97. The lowest BCUT2D eigenvalue weighted by atomic mass is 9.85. The fourth-order valence-electron chi connectivity index (χ4n) is 6.32. The first-order valence-electron chi connectivity index (χ1n) is 14.5. The predicted molar refractivity (Wildman–Crippen MR) is 158 cm³/mol. The van der Waals surface area contributed by atoms with Gasteiger partial charge >= 0.3 is 0 Å². The second kappa shape index (κ2) is 10.5. The van der Waals surface area contributed by atoms with Crippen molar-refractivity contribution in [1.82, 2.24) is 30.0 Å². The van der Waals surface area contributed by atoms with E-state index in [1.165, 1.54) is 0 Å². The molecule has 0 spiro atoms. The number of carbonyl (C=O) groups excluding carboxylic acids is 3. The molecule has 0 unspecified atom stereocenters. The maximum absolute atomic E-state index is 13.9. The number of fused-ring (bicyclic) bond motifs is 3. The molecule has 0 radical (unpaired) electrons. The highest BCUT2D eigenvalue weighted by Gasteiger charge is 2.50. The van der Waals surface area contributed by atoms with Crippen LogP contribution in [0.1, 0.15) is 48.2 Å². The summed E-state index contributed by atoms with van der Waals surface area (Å²) < 4.78 is 0. The van der Waals surface area contributed by atoms with Gasteiger partial charge in [0.15, 0.2) is 0 Å². The van der Waals surface area contributed by atoms with Crippen LogP contribution in [0.25, 0.3) is 10.9 Å². The average molecular weight is 558 g/mol. The van der Waals surface area contributed by atoms with Crippen molar-refractivity contribution in [2.45, 2.75) is 45.3 Å². The van der Waals surface area contributed by atoms with Crippen molar-refractivity contribution in [3.63, 3.8) is 0 Å². The standard InChI is InChI=1S/C31H39N7O3/c1-31(2,3)27(34-28(39)26-15-20-7-5-6-8-24(20)33-26)30(41)38-19-22-16-23(38)18-37(22)29(40)25-10-9-21(17-32-25)36-13-11-35(4)12-14-36/h5-10,15,17,22-23,27,33H,11-14,16,18-19H2,1-4H3,(H,34,39)/t22-,23-,27-/m0/s1. The molecule has 2 N–H and O–H groups in total. The zero-order chi connectivity index (χ0) is 28.9. The lowest BCUT2D eigenvalue weighted by Gasteiger charge is -2.39. The summed E-state index contributed by atoms with van der Waals surface area (Å²) in [6, 6.07) is 12.5. The minimum atomic E-state index is -0.700. The Morgan fingerprint density at radius 3 is 2.32 bits per heavy atom. The maximum atomic E-state index is 13.9. The smallest absolute Gasteiger partial charge is 0.272 e. The molecule has 0 aliphatic carbocycles. The number of benzene rings is 1. The number of aromatic nitrogens is 2. The van der Waals surface area contributed by atoms with Gasteiger partial charge in [0, 0.05) is 50.2 Å². The number of rotatable bonds is 5. The van der Waals surface area contributed by atoms with Crippen LogP contribution in [0, 0.1) is 5.41 Å². The topological polar surface area (TPSA) is 105 Å². The van der Waals surface area contributed by atoms with Gasteiger partial charge in [0.2, 0.25) is 5.91 Å². The molecule has 2 aromatic heterocycles. The first-order chi connectivity index (χ1) is 19.6. The SMILES string of the molecule is CN1CCN(c2ccc(C(=O)N3C[C@@H]4C[C@H]3CN4C(=O)[C@H](NC(=O)c3cc4ccccc4[nH]3)C(C)(C)C)nc2)CC1. The third kappa shape index (κ3) is 5.28. The number of amides is 3. The number of nitrogens with zero attached hydrogens (tertiary/aromatic N) is 5. The van der Waals surface area contributed by atoms with E-state index >= 15 is 0 Å². The molecule has 0 saturated carbocycles. The van der Waals surface area contributed by atoms with Crippen molar-refractivity contribution < 1.29 is 14.4 Å². The van der Waals surface area contributed by atoms with Crippen molar-refractivity contribution in [3.8, 4) is 0 Å². The molecule has 41 heavy (non-hydrogen) atoms. The first-order valence-corrected chi connectivity index (χ1v) is 14.5. The summed E-state index contributed by atoms with van der Waals surface area (Å²) in [4.78, 5) is 56.4. The highest BCUT2D eigenvalue weighted by molar-refractivity contribution is 6.00. The number of anilines is 1. The summed E-state index contributed by atoms with van der Waals surface area (Å²) in [5, 5.41) is 3.95. The van der Waals surface area contributed by atoms with Crippen LogP contribution >= 0.6 is 0 Å². The maximum Gasteiger partial charge on any atom is 0.272 e. The highest BCUT2D eigenvalue weighted by atomic mass is 16.2. The average Bonchev–Trinajstić information content (AvgIpc) is 3.69. The molecule has 5 heterocycles. The van der Waals surface area contributed by atoms with Gasteiger partial charge in [-0.05, 0) is 43.1 Å². The Hall–Kier alpha value is -3.92. The summed E-state index contributed by atoms with van der Waals surface area (Å²) >= 11 is 0. The number of likely N-dealkylation sites (N-methyl/N-ethyl adjacent to an activating group) is 1. The Balaban J connectivity index is 1.10. The van der Waals surface area contributed by atoms with Gasteiger partial charge in [0.25, 0.3) is 11.8 Å². The molecule has 3 aliphatic rings. The van der Waals surface area contributed by atoms with Gasteiger partial charge in [-0.3, -0.25) is 14.4 Å². The van der Waals surface area contributed by atoms with Crippen LogP contribution in [0.2, 0.25) is 0 Å². The number of piperazine rings is 2. The summed E-state index contributed by atoms with van der Waals surface area (Å²) in [5.41, 5.74) is 2.29. The molecule has 3 atom stereocenters. The number of hydrogen-bond acceptors (Lipinski definition) is 6. The summed E-state index contributed by atoms with van der Waals surface area (Å²) in [5.74, 6) is -0.494. The Morgan fingerprint density at radius 1 is 0.976 bits per heavy atom. The van der Waals surface area contributed by atoms with Crippen molar-refractivity contribution in [3.05, 3.63) is 60.0 Å². The predicted octanol–water partition coefficient (Wildman–Crippen LogP) is 2.58.